The summed E-state index contributed by atoms with van der Waals surface area (Å²) in [6, 6.07) is 16.2. The Labute approximate surface area is 164 Å². The molecule has 0 aromatic heterocycles. The number of hydrogen-bond donors (Lipinski definition) is 1. The summed E-state index contributed by atoms with van der Waals surface area (Å²) in [5.41, 5.74) is 6.77. The van der Waals surface area contributed by atoms with Gasteiger partial charge in [0.2, 0.25) is 5.91 Å². The van der Waals surface area contributed by atoms with Crippen molar-refractivity contribution in [2.45, 2.75) is 19.3 Å². The number of esters is 1. The van der Waals surface area contributed by atoms with E-state index in [4.69, 9.17) is 15.2 Å². The van der Waals surface area contributed by atoms with Gasteiger partial charge < -0.3 is 20.1 Å². The van der Waals surface area contributed by atoms with Gasteiger partial charge in [0.05, 0.1) is 7.11 Å². The third-order valence-corrected chi connectivity index (χ3v) is 4.08. The minimum atomic E-state index is -0.509. The lowest BCUT2D eigenvalue weighted by molar-refractivity contribution is -0.147. The number of nitrogens with zero attached hydrogens (tertiary/aromatic N) is 1. The number of primary amides is 1. The highest BCUT2D eigenvalue weighted by Gasteiger charge is 2.18. The molecule has 2 rings (SSSR count). The molecule has 0 aliphatic carbocycles. The summed E-state index contributed by atoms with van der Waals surface area (Å²) in [6.45, 7) is -0.267. The second kappa shape index (κ2) is 10.7. The van der Waals surface area contributed by atoms with Gasteiger partial charge in [0.25, 0.3) is 5.91 Å². The van der Waals surface area contributed by atoms with Gasteiger partial charge in [-0.3, -0.25) is 14.4 Å². The van der Waals surface area contributed by atoms with Crippen LogP contribution in [0.3, 0.4) is 0 Å². The number of carbonyl (C=O) groups is 3. The largest absolute Gasteiger partial charge is 0.497 e. The van der Waals surface area contributed by atoms with E-state index < -0.39 is 24.4 Å². The van der Waals surface area contributed by atoms with E-state index in [1.54, 1.807) is 31.4 Å². The molecular formula is C21H24N2O5. The topological polar surface area (TPSA) is 98.9 Å². The molecule has 0 fully saturated rings. The Hall–Kier alpha value is -3.35. The van der Waals surface area contributed by atoms with E-state index in [0.29, 0.717) is 12.1 Å². The molecule has 148 valence electrons. The molecule has 28 heavy (non-hydrogen) atoms. The number of amides is 2. The summed E-state index contributed by atoms with van der Waals surface area (Å²) >= 11 is 0. The Morgan fingerprint density at radius 1 is 0.964 bits per heavy atom. The fourth-order valence-electron chi connectivity index (χ4n) is 2.56. The third-order valence-electron chi connectivity index (χ3n) is 4.08. The average Bonchev–Trinajstić information content (AvgIpc) is 2.71. The first-order valence-electron chi connectivity index (χ1n) is 8.92. The van der Waals surface area contributed by atoms with Crippen molar-refractivity contribution in [3.05, 3.63) is 60.2 Å². The molecule has 0 aliphatic heterocycles. The molecule has 2 aromatic rings. The molecule has 0 saturated heterocycles. The number of anilines is 1. The molecule has 2 amide bonds. The van der Waals surface area contributed by atoms with Crippen molar-refractivity contribution in [3.8, 4) is 5.75 Å². The molecule has 2 N–H and O–H groups in total. The van der Waals surface area contributed by atoms with E-state index in [2.05, 4.69) is 0 Å². The fourth-order valence-corrected chi connectivity index (χ4v) is 2.56. The lowest BCUT2D eigenvalue weighted by Gasteiger charge is -2.22. The first-order chi connectivity index (χ1) is 13.5. The fraction of sp³-hybridized carbons (Fsp3) is 0.286. The maximum absolute atomic E-state index is 12.5. The van der Waals surface area contributed by atoms with Crippen LogP contribution in [0, 0.1) is 0 Å². The van der Waals surface area contributed by atoms with Crippen molar-refractivity contribution < 1.29 is 23.9 Å². The third kappa shape index (κ3) is 6.75. The van der Waals surface area contributed by atoms with Crippen LogP contribution in [-0.2, 0) is 25.5 Å². The molecule has 0 bridgehead atoms. The number of hydrogen-bond acceptors (Lipinski definition) is 5. The number of carbonyl (C=O) groups excluding carboxylic acids is 3. The highest BCUT2D eigenvalue weighted by molar-refractivity contribution is 5.95. The van der Waals surface area contributed by atoms with Gasteiger partial charge >= 0.3 is 5.97 Å². The second-order valence-corrected chi connectivity index (χ2v) is 6.11. The number of aryl methyl sites for hydroxylation is 1. The first kappa shape index (κ1) is 21.0. The van der Waals surface area contributed by atoms with Crippen LogP contribution in [0.1, 0.15) is 18.4 Å². The second-order valence-electron chi connectivity index (χ2n) is 6.11. The standard InChI is InChI=1S/C21H24N2O5/c1-27-18-10-7-16(8-11-18)9-12-21(26)28-15-20(25)23(14-13-19(22)24)17-5-3-2-4-6-17/h2-8,10-11H,9,12-15H2,1H3,(H2,22,24). The quantitative estimate of drug-likeness (QED) is 0.632. The molecule has 0 radical (unpaired) electrons. The number of methoxy groups -OCH3 is 1. The highest BCUT2D eigenvalue weighted by Crippen LogP contribution is 2.15. The predicted octanol–water partition coefficient (Wildman–Crippen LogP) is 2.08. The van der Waals surface area contributed by atoms with Crippen LogP contribution in [0.5, 0.6) is 5.75 Å². The predicted molar refractivity (Wildman–Crippen MR) is 105 cm³/mol. The summed E-state index contributed by atoms with van der Waals surface area (Å²) in [6.07, 6.45) is 0.680. The molecule has 0 spiro atoms. The Morgan fingerprint density at radius 2 is 1.64 bits per heavy atom. The minimum Gasteiger partial charge on any atom is -0.497 e. The van der Waals surface area contributed by atoms with Gasteiger partial charge in [-0.05, 0) is 36.2 Å². The number of benzene rings is 2. The molecule has 0 aliphatic rings. The van der Waals surface area contributed by atoms with Gasteiger partial charge in [0.15, 0.2) is 6.61 Å². The molecule has 0 saturated carbocycles. The van der Waals surface area contributed by atoms with Crippen molar-refractivity contribution in [3.63, 3.8) is 0 Å². The molecular weight excluding hydrogens is 360 g/mol. The van der Waals surface area contributed by atoms with Crippen molar-refractivity contribution in [2.24, 2.45) is 5.73 Å². The molecule has 2 aromatic carbocycles. The zero-order valence-corrected chi connectivity index (χ0v) is 15.8. The molecule has 7 nitrogen and oxygen atoms in total. The van der Waals surface area contributed by atoms with Gasteiger partial charge in [-0.2, -0.15) is 0 Å². The zero-order valence-electron chi connectivity index (χ0n) is 15.8. The van der Waals surface area contributed by atoms with E-state index in [1.807, 2.05) is 30.3 Å². The smallest absolute Gasteiger partial charge is 0.306 e. The van der Waals surface area contributed by atoms with Gasteiger partial charge in [-0.25, -0.2) is 0 Å². The van der Waals surface area contributed by atoms with E-state index >= 15 is 0 Å². The number of rotatable bonds is 10. The van der Waals surface area contributed by atoms with E-state index in [0.717, 1.165) is 11.3 Å². The maximum Gasteiger partial charge on any atom is 0.306 e. The lowest BCUT2D eigenvalue weighted by Crippen LogP contribution is -2.37. The summed E-state index contributed by atoms with van der Waals surface area (Å²) in [5.74, 6) is -0.642. The minimum absolute atomic E-state index is 0.0199. The molecule has 0 atom stereocenters. The van der Waals surface area contributed by atoms with Crippen LogP contribution in [0.25, 0.3) is 0 Å². The van der Waals surface area contributed by atoms with Crippen LogP contribution < -0.4 is 15.4 Å². The van der Waals surface area contributed by atoms with Crippen molar-refractivity contribution in [1.82, 2.24) is 0 Å². The van der Waals surface area contributed by atoms with Gasteiger partial charge in [-0.15, -0.1) is 0 Å². The van der Waals surface area contributed by atoms with Gasteiger partial charge in [0, 0.05) is 25.1 Å². The maximum atomic E-state index is 12.5. The van der Waals surface area contributed by atoms with Crippen molar-refractivity contribution in [2.75, 3.05) is 25.2 Å². The van der Waals surface area contributed by atoms with E-state index in [-0.39, 0.29) is 19.4 Å². The van der Waals surface area contributed by atoms with Crippen LogP contribution in [0.2, 0.25) is 0 Å². The summed E-state index contributed by atoms with van der Waals surface area (Å²) in [7, 11) is 1.59. The zero-order chi connectivity index (χ0) is 20.4. The Balaban J connectivity index is 1.86. The van der Waals surface area contributed by atoms with Gasteiger partial charge in [0.1, 0.15) is 5.75 Å². The molecule has 0 heterocycles. The van der Waals surface area contributed by atoms with Crippen LogP contribution in [0.15, 0.2) is 54.6 Å². The number of para-hydroxylation sites is 1. The monoisotopic (exact) mass is 384 g/mol. The van der Waals surface area contributed by atoms with Crippen molar-refractivity contribution in [1.29, 1.82) is 0 Å². The Bertz CT molecular complexity index is 790. The normalized spacial score (nSPS) is 10.2. The SMILES string of the molecule is COc1ccc(CCC(=O)OCC(=O)N(CCC(N)=O)c2ccccc2)cc1. The van der Waals surface area contributed by atoms with Crippen LogP contribution in [0.4, 0.5) is 5.69 Å². The molecule has 0 unspecified atom stereocenters. The summed E-state index contributed by atoms with van der Waals surface area (Å²) < 4.78 is 10.2. The van der Waals surface area contributed by atoms with Crippen LogP contribution in [-0.4, -0.2) is 38.0 Å². The summed E-state index contributed by atoms with van der Waals surface area (Å²) in [5, 5.41) is 0. The lowest BCUT2D eigenvalue weighted by atomic mass is 10.1. The summed E-state index contributed by atoms with van der Waals surface area (Å²) in [4.78, 5) is 36.9. The van der Waals surface area contributed by atoms with E-state index in [9.17, 15) is 14.4 Å². The van der Waals surface area contributed by atoms with Gasteiger partial charge in [-0.1, -0.05) is 30.3 Å². The van der Waals surface area contributed by atoms with Crippen molar-refractivity contribution >= 4 is 23.5 Å². The van der Waals surface area contributed by atoms with Crippen LogP contribution >= 0.6 is 0 Å². The Kier molecular flexibility index (Phi) is 8.02. The van der Waals surface area contributed by atoms with E-state index in [1.165, 1.54) is 4.90 Å². The first-order valence-corrected chi connectivity index (χ1v) is 8.92. The highest BCUT2D eigenvalue weighted by atomic mass is 16.5. The molecule has 7 heteroatoms. The number of nitrogens with two attached hydrogens (primary N) is 1. The average molecular weight is 384 g/mol. The number of ether oxygens (including phenoxy) is 2. The Morgan fingerprint density at radius 3 is 2.25 bits per heavy atom.